The normalized spacial score (nSPS) is 17.7. The number of benzene rings is 1. The monoisotopic (exact) mass is 494 g/mol. The molecule has 0 N–H and O–H groups in total. The van der Waals surface area contributed by atoms with Crippen molar-refractivity contribution < 1.29 is 27.1 Å². The van der Waals surface area contributed by atoms with Gasteiger partial charge >= 0.3 is 5.97 Å². The molecule has 0 aliphatic carbocycles. The van der Waals surface area contributed by atoms with Gasteiger partial charge in [0.2, 0.25) is 0 Å². The number of hydrogen-bond acceptors (Lipinski definition) is 6. The van der Waals surface area contributed by atoms with Crippen LogP contribution in [-0.4, -0.2) is 56.2 Å². The van der Waals surface area contributed by atoms with Gasteiger partial charge in [-0.25, -0.2) is 17.6 Å². The van der Waals surface area contributed by atoms with Crippen molar-refractivity contribution in [3.05, 3.63) is 51.7 Å². The van der Waals surface area contributed by atoms with Gasteiger partial charge in [-0.1, -0.05) is 25.3 Å². The average Bonchev–Trinajstić information content (AvgIpc) is 3.17. The number of amides is 1. The van der Waals surface area contributed by atoms with E-state index in [2.05, 4.69) is 0 Å². The molecule has 10 heteroatoms. The molecule has 1 fully saturated rings. The van der Waals surface area contributed by atoms with E-state index in [-0.39, 0.29) is 27.8 Å². The summed E-state index contributed by atoms with van der Waals surface area (Å²) in [5.41, 5.74) is 0.954. The molecule has 178 valence electrons. The first-order valence-electron chi connectivity index (χ1n) is 11.1. The fraction of sp³-hybridized carbons (Fsp3) is 0.478. The Morgan fingerprint density at radius 2 is 1.76 bits per heavy atom. The summed E-state index contributed by atoms with van der Waals surface area (Å²) in [6.45, 7) is 1.31. The third kappa shape index (κ3) is 4.83. The quantitative estimate of drug-likeness (QED) is 0.604. The Bertz CT molecular complexity index is 1150. The number of carbonyl (C=O) groups is 2. The van der Waals surface area contributed by atoms with E-state index in [1.807, 2.05) is 0 Å². The van der Waals surface area contributed by atoms with E-state index < -0.39 is 21.8 Å². The van der Waals surface area contributed by atoms with Gasteiger partial charge in [-0.2, -0.15) is 4.31 Å². The van der Waals surface area contributed by atoms with Gasteiger partial charge in [-0.15, -0.1) is 11.3 Å². The highest BCUT2D eigenvalue weighted by atomic mass is 32.2. The maximum Gasteiger partial charge on any atom is 0.340 e. The number of halogens is 1. The SMILES string of the molecule is COC(=O)c1c(S(=O)(=O)N2CCCCCCC2)sc2c1CCN(C(=O)c1cccc(F)c1)C2. The highest BCUT2D eigenvalue weighted by Gasteiger charge is 2.37. The third-order valence-electron chi connectivity index (χ3n) is 6.16. The minimum atomic E-state index is -3.88. The van der Waals surface area contributed by atoms with Crippen LogP contribution in [0.1, 0.15) is 63.3 Å². The average molecular weight is 495 g/mol. The number of rotatable bonds is 4. The summed E-state index contributed by atoms with van der Waals surface area (Å²) in [6.07, 6.45) is 4.96. The number of hydrogen-bond donors (Lipinski definition) is 0. The Morgan fingerprint density at radius 3 is 2.42 bits per heavy atom. The van der Waals surface area contributed by atoms with Crippen molar-refractivity contribution in [3.63, 3.8) is 0 Å². The van der Waals surface area contributed by atoms with E-state index in [1.165, 1.54) is 29.6 Å². The van der Waals surface area contributed by atoms with E-state index in [0.29, 0.717) is 36.5 Å². The first-order valence-corrected chi connectivity index (χ1v) is 13.4. The molecule has 2 aliphatic heterocycles. The molecule has 4 rings (SSSR count). The van der Waals surface area contributed by atoms with Gasteiger partial charge in [0.15, 0.2) is 0 Å². The van der Waals surface area contributed by atoms with Crippen LogP contribution in [0.15, 0.2) is 28.5 Å². The van der Waals surface area contributed by atoms with Gasteiger partial charge in [0.1, 0.15) is 10.0 Å². The standard InChI is InChI=1S/C23H27FN2O5S2/c1-31-22(28)20-18-10-13-25(21(27)16-8-7-9-17(24)14-16)15-19(18)32-23(20)33(29,30)26-11-5-3-2-4-6-12-26/h7-9,14H,2-6,10-13,15H2,1H3. The van der Waals surface area contributed by atoms with Crippen LogP contribution >= 0.6 is 11.3 Å². The van der Waals surface area contributed by atoms with Crippen molar-refractivity contribution in [3.8, 4) is 0 Å². The van der Waals surface area contributed by atoms with Gasteiger partial charge < -0.3 is 9.64 Å². The first kappa shape index (κ1) is 23.8. The molecule has 33 heavy (non-hydrogen) atoms. The van der Waals surface area contributed by atoms with Gasteiger partial charge in [-0.3, -0.25) is 4.79 Å². The number of thiophene rings is 1. The summed E-state index contributed by atoms with van der Waals surface area (Å²) in [5, 5.41) is 0. The molecular weight excluding hydrogens is 467 g/mol. The fourth-order valence-corrected chi connectivity index (χ4v) is 7.98. The van der Waals surface area contributed by atoms with E-state index in [1.54, 1.807) is 11.0 Å². The Balaban J connectivity index is 1.68. The molecule has 1 aromatic carbocycles. The summed E-state index contributed by atoms with van der Waals surface area (Å²) < 4.78 is 47.2. The summed E-state index contributed by atoms with van der Waals surface area (Å²) in [4.78, 5) is 27.8. The van der Waals surface area contributed by atoms with E-state index in [0.717, 1.165) is 43.4 Å². The van der Waals surface area contributed by atoms with Crippen LogP contribution in [0.4, 0.5) is 4.39 Å². The molecular formula is C23H27FN2O5S2. The molecule has 0 saturated carbocycles. The summed E-state index contributed by atoms with van der Waals surface area (Å²) in [6, 6.07) is 5.48. The Morgan fingerprint density at radius 1 is 1.06 bits per heavy atom. The summed E-state index contributed by atoms with van der Waals surface area (Å²) >= 11 is 1.04. The first-order chi connectivity index (χ1) is 15.8. The zero-order chi connectivity index (χ0) is 23.6. The van der Waals surface area contributed by atoms with Crippen LogP contribution in [0, 0.1) is 5.82 Å². The number of carbonyl (C=O) groups excluding carboxylic acids is 2. The molecule has 0 atom stereocenters. The number of ether oxygens (including phenoxy) is 1. The van der Waals surface area contributed by atoms with Gasteiger partial charge in [-0.05, 0) is 43.0 Å². The van der Waals surface area contributed by atoms with E-state index in [4.69, 9.17) is 4.74 Å². The lowest BCUT2D eigenvalue weighted by atomic mass is 10.0. The molecule has 0 unspecified atom stereocenters. The maximum absolute atomic E-state index is 13.6. The molecule has 1 saturated heterocycles. The summed E-state index contributed by atoms with van der Waals surface area (Å²) in [5.74, 6) is -1.51. The largest absolute Gasteiger partial charge is 0.465 e. The van der Waals surface area contributed by atoms with Crippen molar-refractivity contribution >= 4 is 33.2 Å². The number of sulfonamides is 1. The van der Waals surface area contributed by atoms with Crippen LogP contribution in [0.2, 0.25) is 0 Å². The van der Waals surface area contributed by atoms with E-state index >= 15 is 0 Å². The van der Waals surface area contributed by atoms with Gasteiger partial charge in [0.25, 0.3) is 15.9 Å². The second kappa shape index (κ2) is 9.90. The predicted molar refractivity (Wildman–Crippen MR) is 122 cm³/mol. The molecule has 0 radical (unpaired) electrons. The lowest BCUT2D eigenvalue weighted by molar-refractivity contribution is 0.0595. The lowest BCUT2D eigenvalue weighted by Crippen LogP contribution is -2.36. The Labute approximate surface area is 197 Å². The highest BCUT2D eigenvalue weighted by Crippen LogP contribution is 2.38. The lowest BCUT2D eigenvalue weighted by Gasteiger charge is -2.27. The van der Waals surface area contributed by atoms with Crippen LogP contribution in [0.5, 0.6) is 0 Å². The van der Waals surface area contributed by atoms with Crippen LogP contribution < -0.4 is 0 Å². The number of esters is 1. The third-order valence-corrected chi connectivity index (χ3v) is 9.77. The zero-order valence-electron chi connectivity index (χ0n) is 18.5. The van der Waals surface area contributed by atoms with Crippen molar-refractivity contribution in [1.29, 1.82) is 0 Å². The van der Waals surface area contributed by atoms with Crippen LogP contribution in [0.25, 0.3) is 0 Å². The zero-order valence-corrected chi connectivity index (χ0v) is 20.1. The molecule has 1 aromatic heterocycles. The second-order valence-electron chi connectivity index (χ2n) is 8.32. The molecule has 2 aliphatic rings. The van der Waals surface area contributed by atoms with Gasteiger partial charge in [0.05, 0.1) is 19.2 Å². The minimum absolute atomic E-state index is 0.0000204. The topological polar surface area (TPSA) is 84.0 Å². The number of methoxy groups -OCH3 is 1. The minimum Gasteiger partial charge on any atom is -0.465 e. The second-order valence-corrected chi connectivity index (χ2v) is 11.6. The predicted octanol–water partition coefficient (Wildman–Crippen LogP) is 3.83. The van der Waals surface area contributed by atoms with Crippen molar-refractivity contribution in [2.45, 2.75) is 49.3 Å². The highest BCUT2D eigenvalue weighted by molar-refractivity contribution is 7.91. The number of nitrogens with zero attached hydrogens (tertiary/aromatic N) is 2. The van der Waals surface area contributed by atoms with Crippen molar-refractivity contribution in [2.75, 3.05) is 26.7 Å². The van der Waals surface area contributed by atoms with Crippen LogP contribution in [-0.2, 0) is 27.7 Å². The molecule has 0 bridgehead atoms. The number of fused-ring (bicyclic) bond motifs is 1. The Hall–Kier alpha value is -2.30. The molecule has 1 amide bonds. The maximum atomic E-state index is 13.6. The van der Waals surface area contributed by atoms with Crippen molar-refractivity contribution in [1.82, 2.24) is 9.21 Å². The Kier molecular flexibility index (Phi) is 7.16. The van der Waals surface area contributed by atoms with Crippen molar-refractivity contribution in [2.24, 2.45) is 0 Å². The molecule has 2 aromatic rings. The van der Waals surface area contributed by atoms with Crippen LogP contribution in [0.3, 0.4) is 0 Å². The molecule has 7 nitrogen and oxygen atoms in total. The van der Waals surface area contributed by atoms with Gasteiger partial charge in [0, 0.05) is 30.1 Å². The smallest absolute Gasteiger partial charge is 0.340 e. The van der Waals surface area contributed by atoms with E-state index in [9.17, 15) is 22.4 Å². The molecule has 3 heterocycles. The molecule has 0 spiro atoms. The summed E-state index contributed by atoms with van der Waals surface area (Å²) in [7, 11) is -2.64. The fourth-order valence-electron chi connectivity index (χ4n) is 4.42.